The topological polar surface area (TPSA) is 92.5 Å². The average molecular weight is 428 g/mol. The SMILES string of the molecule is CN(CC(=O)Nc1ccc(S(N)(=O)=O)cc1)C(c1ccccc1)c1ccc(F)cc1. The summed E-state index contributed by atoms with van der Waals surface area (Å²) in [6.45, 7) is 0.0634. The quantitative estimate of drug-likeness (QED) is 0.606. The van der Waals surface area contributed by atoms with Gasteiger partial charge in [0.05, 0.1) is 17.5 Å². The summed E-state index contributed by atoms with van der Waals surface area (Å²) < 4.78 is 36.1. The number of likely N-dealkylation sites (N-methyl/N-ethyl adjacent to an activating group) is 1. The van der Waals surface area contributed by atoms with E-state index in [1.54, 1.807) is 12.1 Å². The number of amides is 1. The zero-order valence-electron chi connectivity index (χ0n) is 16.3. The van der Waals surface area contributed by atoms with Gasteiger partial charge < -0.3 is 5.32 Å². The summed E-state index contributed by atoms with van der Waals surface area (Å²) >= 11 is 0. The normalized spacial score (nSPS) is 12.5. The first-order valence-electron chi connectivity index (χ1n) is 9.17. The summed E-state index contributed by atoms with van der Waals surface area (Å²) in [7, 11) is -1.98. The van der Waals surface area contributed by atoms with E-state index in [1.165, 1.54) is 36.4 Å². The molecule has 1 atom stereocenters. The Balaban J connectivity index is 1.76. The van der Waals surface area contributed by atoms with Crippen LogP contribution in [-0.2, 0) is 14.8 Å². The first kappa shape index (κ1) is 21.6. The molecule has 0 spiro atoms. The maximum absolute atomic E-state index is 13.4. The van der Waals surface area contributed by atoms with Gasteiger partial charge in [-0.05, 0) is 54.6 Å². The Morgan fingerprint density at radius 3 is 2.10 bits per heavy atom. The molecule has 0 radical (unpaired) electrons. The van der Waals surface area contributed by atoms with Gasteiger partial charge in [0.2, 0.25) is 15.9 Å². The lowest BCUT2D eigenvalue weighted by atomic mass is 9.97. The number of carbonyl (C=O) groups excluding carboxylic acids is 1. The predicted molar refractivity (Wildman–Crippen MR) is 114 cm³/mol. The van der Waals surface area contributed by atoms with Crippen molar-refractivity contribution in [1.82, 2.24) is 4.90 Å². The fraction of sp³-hybridized carbons (Fsp3) is 0.136. The Morgan fingerprint density at radius 2 is 1.53 bits per heavy atom. The molecule has 3 rings (SSSR count). The van der Waals surface area contributed by atoms with Gasteiger partial charge in [-0.2, -0.15) is 0 Å². The lowest BCUT2D eigenvalue weighted by Crippen LogP contribution is -2.34. The minimum absolute atomic E-state index is 0.0296. The molecule has 8 heteroatoms. The van der Waals surface area contributed by atoms with Gasteiger partial charge in [-0.15, -0.1) is 0 Å². The Bertz CT molecular complexity index is 1100. The van der Waals surface area contributed by atoms with Crippen molar-refractivity contribution < 1.29 is 17.6 Å². The molecule has 3 aromatic carbocycles. The van der Waals surface area contributed by atoms with E-state index in [0.29, 0.717) is 5.69 Å². The van der Waals surface area contributed by atoms with Gasteiger partial charge in [-0.25, -0.2) is 17.9 Å². The number of hydrogen-bond acceptors (Lipinski definition) is 4. The van der Waals surface area contributed by atoms with Gasteiger partial charge in [0.1, 0.15) is 5.82 Å². The van der Waals surface area contributed by atoms with Crippen molar-refractivity contribution in [2.24, 2.45) is 5.14 Å². The van der Waals surface area contributed by atoms with Crippen LogP contribution in [0.1, 0.15) is 17.2 Å². The van der Waals surface area contributed by atoms with E-state index in [9.17, 15) is 17.6 Å². The highest BCUT2D eigenvalue weighted by Gasteiger charge is 2.21. The minimum atomic E-state index is -3.79. The molecule has 156 valence electrons. The number of sulfonamides is 1. The molecule has 0 aliphatic carbocycles. The molecule has 0 aliphatic rings. The van der Waals surface area contributed by atoms with Crippen molar-refractivity contribution in [1.29, 1.82) is 0 Å². The fourth-order valence-corrected chi connectivity index (χ4v) is 3.74. The van der Waals surface area contributed by atoms with Crippen LogP contribution in [0.25, 0.3) is 0 Å². The number of nitrogens with one attached hydrogen (secondary N) is 1. The molecular formula is C22H22FN3O3S. The molecular weight excluding hydrogens is 405 g/mol. The van der Waals surface area contributed by atoms with E-state index in [4.69, 9.17) is 5.14 Å². The van der Waals surface area contributed by atoms with Gasteiger partial charge >= 0.3 is 0 Å². The first-order valence-corrected chi connectivity index (χ1v) is 10.7. The van der Waals surface area contributed by atoms with E-state index in [0.717, 1.165) is 11.1 Å². The number of hydrogen-bond donors (Lipinski definition) is 2. The molecule has 0 saturated heterocycles. The summed E-state index contributed by atoms with van der Waals surface area (Å²) in [5.41, 5.74) is 2.28. The predicted octanol–water partition coefficient (Wildman–Crippen LogP) is 3.13. The molecule has 0 saturated carbocycles. The molecule has 30 heavy (non-hydrogen) atoms. The summed E-state index contributed by atoms with van der Waals surface area (Å²) in [4.78, 5) is 14.4. The van der Waals surface area contributed by atoms with Crippen LogP contribution in [-0.4, -0.2) is 32.8 Å². The van der Waals surface area contributed by atoms with Crippen LogP contribution in [0.3, 0.4) is 0 Å². The number of benzene rings is 3. The van der Waals surface area contributed by atoms with Gasteiger partial charge in [-0.1, -0.05) is 42.5 Å². The highest BCUT2D eigenvalue weighted by Crippen LogP contribution is 2.27. The van der Waals surface area contributed by atoms with E-state index < -0.39 is 10.0 Å². The third kappa shape index (κ3) is 5.50. The second-order valence-electron chi connectivity index (χ2n) is 6.90. The summed E-state index contributed by atoms with van der Waals surface area (Å²) in [6, 6.07) is 21.2. The van der Waals surface area contributed by atoms with E-state index >= 15 is 0 Å². The number of halogens is 1. The van der Waals surface area contributed by atoms with Crippen molar-refractivity contribution in [3.05, 3.63) is 95.8 Å². The molecule has 1 unspecified atom stereocenters. The van der Waals surface area contributed by atoms with Crippen molar-refractivity contribution >= 4 is 21.6 Å². The van der Waals surface area contributed by atoms with Crippen molar-refractivity contribution in [2.45, 2.75) is 10.9 Å². The highest BCUT2D eigenvalue weighted by molar-refractivity contribution is 7.89. The van der Waals surface area contributed by atoms with E-state index in [2.05, 4.69) is 5.32 Å². The van der Waals surface area contributed by atoms with Crippen LogP contribution in [0.4, 0.5) is 10.1 Å². The molecule has 3 aromatic rings. The number of carbonyl (C=O) groups is 1. The zero-order valence-corrected chi connectivity index (χ0v) is 17.1. The van der Waals surface area contributed by atoms with Crippen LogP contribution in [0.15, 0.2) is 83.8 Å². The molecule has 0 fully saturated rings. The summed E-state index contributed by atoms with van der Waals surface area (Å²) in [5, 5.41) is 7.82. The molecule has 0 heterocycles. The first-order chi connectivity index (χ1) is 14.2. The van der Waals surface area contributed by atoms with Crippen LogP contribution in [0.5, 0.6) is 0 Å². The maximum Gasteiger partial charge on any atom is 0.238 e. The standard InChI is InChI=1S/C22H22FN3O3S/c1-26(15-21(27)25-19-11-13-20(14-12-19)30(24,28)29)22(16-5-3-2-4-6-16)17-7-9-18(23)10-8-17/h2-14,22H,15H2,1H3,(H,25,27)(H2,24,28,29). The zero-order chi connectivity index (χ0) is 21.7. The van der Waals surface area contributed by atoms with Gasteiger partial charge in [-0.3, -0.25) is 9.69 Å². The third-order valence-corrected chi connectivity index (χ3v) is 5.53. The smallest absolute Gasteiger partial charge is 0.238 e. The third-order valence-electron chi connectivity index (χ3n) is 4.60. The van der Waals surface area contributed by atoms with Crippen LogP contribution in [0.2, 0.25) is 0 Å². The van der Waals surface area contributed by atoms with Crippen molar-refractivity contribution in [2.75, 3.05) is 18.9 Å². The number of nitrogens with two attached hydrogens (primary N) is 1. The Kier molecular flexibility index (Phi) is 6.61. The number of primary sulfonamides is 1. The summed E-state index contributed by atoms with van der Waals surface area (Å²) in [5.74, 6) is -0.599. The lowest BCUT2D eigenvalue weighted by molar-refractivity contribution is -0.117. The van der Waals surface area contributed by atoms with Crippen LogP contribution in [0, 0.1) is 5.82 Å². The second kappa shape index (κ2) is 9.17. The molecule has 6 nitrogen and oxygen atoms in total. The fourth-order valence-electron chi connectivity index (χ4n) is 3.23. The van der Waals surface area contributed by atoms with Crippen molar-refractivity contribution in [3.63, 3.8) is 0 Å². The van der Waals surface area contributed by atoms with Gasteiger partial charge in [0, 0.05) is 5.69 Å². The Morgan fingerprint density at radius 1 is 0.967 bits per heavy atom. The number of anilines is 1. The number of nitrogens with zero attached hydrogens (tertiary/aromatic N) is 1. The minimum Gasteiger partial charge on any atom is -0.325 e. The number of rotatable bonds is 7. The van der Waals surface area contributed by atoms with Crippen LogP contribution < -0.4 is 10.5 Å². The van der Waals surface area contributed by atoms with Crippen LogP contribution >= 0.6 is 0 Å². The maximum atomic E-state index is 13.4. The van der Waals surface area contributed by atoms with Gasteiger partial charge in [0.25, 0.3) is 0 Å². The summed E-state index contributed by atoms with van der Waals surface area (Å²) in [6.07, 6.45) is 0. The highest BCUT2D eigenvalue weighted by atomic mass is 32.2. The van der Waals surface area contributed by atoms with Crippen molar-refractivity contribution in [3.8, 4) is 0 Å². The molecule has 0 bridgehead atoms. The molecule has 1 amide bonds. The lowest BCUT2D eigenvalue weighted by Gasteiger charge is -2.28. The second-order valence-corrected chi connectivity index (χ2v) is 8.46. The molecule has 0 aliphatic heterocycles. The Labute approximate surface area is 175 Å². The molecule has 0 aromatic heterocycles. The van der Waals surface area contributed by atoms with E-state index in [-0.39, 0.29) is 29.2 Å². The molecule has 3 N–H and O–H groups in total. The monoisotopic (exact) mass is 427 g/mol. The van der Waals surface area contributed by atoms with E-state index in [1.807, 2.05) is 42.3 Å². The largest absolute Gasteiger partial charge is 0.325 e. The average Bonchev–Trinajstić information content (AvgIpc) is 2.70. The van der Waals surface area contributed by atoms with Gasteiger partial charge in [0.15, 0.2) is 0 Å². The Hall–Kier alpha value is -3.07.